The molecule has 3 aromatic rings. The Morgan fingerprint density at radius 3 is 2.33 bits per heavy atom. The summed E-state index contributed by atoms with van der Waals surface area (Å²) in [6.45, 7) is 0. The van der Waals surface area contributed by atoms with E-state index < -0.39 is 5.97 Å². The fraction of sp³-hybridized carbons (Fsp3) is 0.211. The molecule has 5 heteroatoms. The van der Waals surface area contributed by atoms with E-state index in [-0.39, 0.29) is 0 Å². The van der Waals surface area contributed by atoms with Gasteiger partial charge < -0.3 is 4.74 Å². The fourth-order valence-corrected chi connectivity index (χ4v) is 2.87. The number of hydrogen-bond acceptors (Lipinski definition) is 4. The Hall–Kier alpha value is -2.95. The minimum Gasteiger partial charge on any atom is -0.464 e. The van der Waals surface area contributed by atoms with Crippen LogP contribution in [0.5, 0.6) is 0 Å². The topological polar surface area (TPSA) is 57.0 Å². The van der Waals surface area contributed by atoms with Crippen molar-refractivity contribution in [3.05, 3.63) is 66.0 Å². The zero-order chi connectivity index (χ0) is 16.5. The molecule has 0 amide bonds. The highest BCUT2D eigenvalue weighted by Crippen LogP contribution is 2.42. The van der Waals surface area contributed by atoms with Crippen LogP contribution in [-0.4, -0.2) is 28.1 Å². The molecular weight excluding hydrogens is 302 g/mol. The van der Waals surface area contributed by atoms with E-state index in [1.165, 1.54) is 12.7 Å². The summed E-state index contributed by atoms with van der Waals surface area (Å²) in [5, 5.41) is 8.23. The first kappa shape index (κ1) is 14.6. The number of esters is 1. The number of aromatic nitrogens is 3. The monoisotopic (exact) mass is 319 g/mol. The molecule has 0 aliphatic heterocycles. The Labute approximate surface area is 139 Å². The highest BCUT2D eigenvalue weighted by atomic mass is 16.5. The SMILES string of the molecule is COC(=O)c1nnn(-c2ccc(-c3ccccc3)cc2)c1C1CC1. The van der Waals surface area contributed by atoms with Crippen molar-refractivity contribution in [2.45, 2.75) is 18.8 Å². The second kappa shape index (κ2) is 5.92. The lowest BCUT2D eigenvalue weighted by molar-refractivity contribution is 0.0592. The Morgan fingerprint density at radius 2 is 1.71 bits per heavy atom. The standard InChI is InChI=1S/C19H17N3O2/c1-24-19(23)17-18(15-7-8-15)22(21-20-17)16-11-9-14(10-12-16)13-5-3-2-4-6-13/h2-6,9-12,15H,7-8H2,1H3. The Bertz CT molecular complexity index is 865. The number of carbonyl (C=O) groups is 1. The van der Waals surface area contributed by atoms with Crippen LogP contribution in [-0.2, 0) is 4.74 Å². The molecule has 1 heterocycles. The molecule has 0 N–H and O–H groups in total. The number of hydrogen-bond donors (Lipinski definition) is 0. The first-order chi connectivity index (χ1) is 11.8. The van der Waals surface area contributed by atoms with E-state index in [9.17, 15) is 4.79 Å². The van der Waals surface area contributed by atoms with Crippen LogP contribution in [0.3, 0.4) is 0 Å². The van der Waals surface area contributed by atoms with Gasteiger partial charge in [0.05, 0.1) is 18.5 Å². The summed E-state index contributed by atoms with van der Waals surface area (Å²) in [6, 6.07) is 18.3. The number of nitrogens with zero attached hydrogens (tertiary/aromatic N) is 3. The van der Waals surface area contributed by atoms with Gasteiger partial charge in [-0.25, -0.2) is 9.48 Å². The van der Waals surface area contributed by atoms with Crippen LogP contribution in [0.25, 0.3) is 16.8 Å². The quantitative estimate of drug-likeness (QED) is 0.690. The molecule has 5 nitrogen and oxygen atoms in total. The lowest BCUT2D eigenvalue weighted by Gasteiger charge is -2.08. The van der Waals surface area contributed by atoms with Gasteiger partial charge in [-0.2, -0.15) is 0 Å². The van der Waals surface area contributed by atoms with E-state index in [4.69, 9.17) is 4.74 Å². The van der Waals surface area contributed by atoms with Crippen LogP contribution in [0.15, 0.2) is 54.6 Å². The Morgan fingerprint density at radius 1 is 1.04 bits per heavy atom. The highest BCUT2D eigenvalue weighted by molar-refractivity contribution is 5.88. The minimum absolute atomic E-state index is 0.326. The normalized spacial score (nSPS) is 13.7. The van der Waals surface area contributed by atoms with Gasteiger partial charge in [-0.15, -0.1) is 5.10 Å². The minimum atomic E-state index is -0.427. The maximum absolute atomic E-state index is 11.9. The molecule has 4 rings (SSSR count). The molecule has 0 spiro atoms. The largest absolute Gasteiger partial charge is 0.464 e. The predicted octanol–water partition coefficient (Wildman–Crippen LogP) is 3.60. The molecular formula is C19H17N3O2. The average Bonchev–Trinajstić information content (AvgIpc) is 3.40. The third-order valence-electron chi connectivity index (χ3n) is 4.27. The summed E-state index contributed by atoms with van der Waals surface area (Å²) in [5.74, 6) is -0.0908. The van der Waals surface area contributed by atoms with Gasteiger partial charge in [0.15, 0.2) is 5.69 Å². The van der Waals surface area contributed by atoms with Crippen LogP contribution >= 0.6 is 0 Å². The van der Waals surface area contributed by atoms with Crippen LogP contribution in [0.2, 0.25) is 0 Å². The molecule has 0 radical (unpaired) electrons. The maximum Gasteiger partial charge on any atom is 0.360 e. The van der Waals surface area contributed by atoms with Crippen molar-refractivity contribution in [1.29, 1.82) is 0 Å². The van der Waals surface area contributed by atoms with Crippen molar-refractivity contribution >= 4 is 5.97 Å². The smallest absolute Gasteiger partial charge is 0.360 e. The predicted molar refractivity (Wildman–Crippen MR) is 90.1 cm³/mol. The fourth-order valence-electron chi connectivity index (χ4n) is 2.87. The van der Waals surface area contributed by atoms with E-state index in [2.05, 4.69) is 34.6 Å². The van der Waals surface area contributed by atoms with E-state index in [1.54, 1.807) is 4.68 Å². The second-order valence-corrected chi connectivity index (χ2v) is 5.91. The number of rotatable bonds is 4. The van der Waals surface area contributed by atoms with Crippen LogP contribution in [0.4, 0.5) is 0 Å². The van der Waals surface area contributed by atoms with Gasteiger partial charge in [0.1, 0.15) is 0 Å². The molecule has 0 saturated heterocycles. The van der Waals surface area contributed by atoms with Crippen molar-refractivity contribution in [2.24, 2.45) is 0 Å². The summed E-state index contributed by atoms with van der Waals surface area (Å²) < 4.78 is 6.59. The molecule has 1 fully saturated rings. The van der Waals surface area contributed by atoms with Gasteiger partial charge in [-0.05, 0) is 36.1 Å². The van der Waals surface area contributed by atoms with Gasteiger partial charge in [-0.3, -0.25) is 0 Å². The Kier molecular flexibility index (Phi) is 3.61. The van der Waals surface area contributed by atoms with Gasteiger partial charge in [0.2, 0.25) is 0 Å². The van der Waals surface area contributed by atoms with Gasteiger partial charge in [0, 0.05) is 5.92 Å². The molecule has 1 aliphatic carbocycles. The molecule has 24 heavy (non-hydrogen) atoms. The molecule has 2 aromatic carbocycles. The number of carbonyl (C=O) groups excluding carboxylic acids is 1. The molecule has 120 valence electrons. The molecule has 0 bridgehead atoms. The third-order valence-corrected chi connectivity index (χ3v) is 4.27. The summed E-state index contributed by atoms with van der Waals surface area (Å²) >= 11 is 0. The van der Waals surface area contributed by atoms with Crippen LogP contribution in [0.1, 0.15) is 34.9 Å². The van der Waals surface area contributed by atoms with Crippen LogP contribution < -0.4 is 0 Å². The highest BCUT2D eigenvalue weighted by Gasteiger charge is 2.34. The van der Waals surface area contributed by atoms with Crippen molar-refractivity contribution in [3.63, 3.8) is 0 Å². The molecule has 1 aliphatic rings. The summed E-state index contributed by atoms with van der Waals surface area (Å²) in [7, 11) is 1.37. The lowest BCUT2D eigenvalue weighted by atomic mass is 10.1. The zero-order valence-electron chi connectivity index (χ0n) is 13.3. The van der Waals surface area contributed by atoms with E-state index in [0.717, 1.165) is 29.8 Å². The van der Waals surface area contributed by atoms with Crippen molar-refractivity contribution in [2.75, 3.05) is 7.11 Å². The maximum atomic E-state index is 11.9. The van der Waals surface area contributed by atoms with E-state index >= 15 is 0 Å². The molecule has 0 unspecified atom stereocenters. The second-order valence-electron chi connectivity index (χ2n) is 5.91. The summed E-state index contributed by atoms with van der Waals surface area (Å²) in [4.78, 5) is 11.9. The molecule has 1 saturated carbocycles. The Balaban J connectivity index is 1.72. The molecule has 0 atom stereocenters. The summed E-state index contributed by atoms with van der Waals surface area (Å²) in [6.07, 6.45) is 2.11. The van der Waals surface area contributed by atoms with E-state index in [0.29, 0.717) is 11.6 Å². The van der Waals surface area contributed by atoms with Gasteiger partial charge in [0.25, 0.3) is 0 Å². The molecule has 1 aromatic heterocycles. The lowest BCUT2D eigenvalue weighted by Crippen LogP contribution is -2.07. The first-order valence-electron chi connectivity index (χ1n) is 7.97. The van der Waals surface area contributed by atoms with Crippen molar-refractivity contribution in [1.82, 2.24) is 15.0 Å². The zero-order valence-corrected chi connectivity index (χ0v) is 13.3. The summed E-state index contributed by atoms with van der Waals surface area (Å²) in [5.41, 5.74) is 4.39. The number of ether oxygens (including phenoxy) is 1. The van der Waals surface area contributed by atoms with Gasteiger partial charge in [-0.1, -0.05) is 47.7 Å². The van der Waals surface area contributed by atoms with E-state index in [1.807, 2.05) is 30.3 Å². The van der Waals surface area contributed by atoms with Crippen molar-refractivity contribution in [3.8, 4) is 16.8 Å². The average molecular weight is 319 g/mol. The van der Waals surface area contributed by atoms with Gasteiger partial charge >= 0.3 is 5.97 Å². The number of benzene rings is 2. The number of methoxy groups -OCH3 is 1. The first-order valence-corrected chi connectivity index (χ1v) is 7.97. The van der Waals surface area contributed by atoms with Crippen LogP contribution in [0, 0.1) is 0 Å². The third kappa shape index (κ3) is 2.58. The van der Waals surface area contributed by atoms with Crippen molar-refractivity contribution < 1.29 is 9.53 Å².